The molecule has 3 aromatic rings. The summed E-state index contributed by atoms with van der Waals surface area (Å²) in [6, 6.07) is 10.8. The van der Waals surface area contributed by atoms with Gasteiger partial charge in [-0.3, -0.25) is 9.69 Å². The average molecular weight is 491 g/mol. The number of ether oxygens (including phenoxy) is 1. The summed E-state index contributed by atoms with van der Waals surface area (Å²) in [6.07, 6.45) is 1.96. The van der Waals surface area contributed by atoms with Gasteiger partial charge in [0.15, 0.2) is 10.9 Å². The van der Waals surface area contributed by atoms with Gasteiger partial charge in [-0.15, -0.1) is 11.6 Å². The van der Waals surface area contributed by atoms with Crippen LogP contribution in [0, 0.1) is 12.7 Å². The van der Waals surface area contributed by atoms with Gasteiger partial charge < -0.3 is 15.0 Å². The van der Waals surface area contributed by atoms with Gasteiger partial charge in [-0.05, 0) is 61.8 Å². The van der Waals surface area contributed by atoms with Gasteiger partial charge in [-0.1, -0.05) is 23.7 Å². The van der Waals surface area contributed by atoms with Crippen LogP contribution in [0.15, 0.2) is 47.0 Å². The van der Waals surface area contributed by atoms with Gasteiger partial charge in [0.05, 0.1) is 24.3 Å². The molecule has 1 amide bonds. The maximum absolute atomic E-state index is 13.7. The quantitative estimate of drug-likeness (QED) is 0.257. The van der Waals surface area contributed by atoms with E-state index in [0.29, 0.717) is 47.1 Å². The number of thiocarbonyl (C=S) groups is 1. The minimum Gasteiger partial charge on any atom is -0.496 e. The first kappa shape index (κ1) is 24.6. The van der Waals surface area contributed by atoms with Crippen molar-refractivity contribution in [2.75, 3.05) is 17.9 Å². The highest BCUT2D eigenvalue weighted by Crippen LogP contribution is 2.35. The second-order valence-electron chi connectivity index (χ2n) is 7.33. The normalized spacial score (nSPS) is 11.8. The number of nitrogens with two attached hydrogens (primary N) is 1. The number of alkyl halides is 1. The molecule has 0 aliphatic carbocycles. The summed E-state index contributed by atoms with van der Waals surface area (Å²) in [7, 11) is 1.49. The first-order chi connectivity index (χ1) is 15.8. The van der Waals surface area contributed by atoms with E-state index in [2.05, 4.69) is 10.1 Å². The van der Waals surface area contributed by atoms with E-state index in [-0.39, 0.29) is 22.7 Å². The molecule has 2 N–H and O–H groups in total. The molecular weight excluding hydrogens is 467 g/mol. The first-order valence-electron chi connectivity index (χ1n) is 10.3. The van der Waals surface area contributed by atoms with E-state index in [1.807, 2.05) is 0 Å². The number of benzene rings is 2. The van der Waals surface area contributed by atoms with Crippen molar-refractivity contribution in [1.29, 1.82) is 0 Å². The first-order valence-corrected chi connectivity index (χ1v) is 11.2. The highest BCUT2D eigenvalue weighted by Gasteiger charge is 2.29. The van der Waals surface area contributed by atoms with Gasteiger partial charge in [0, 0.05) is 11.9 Å². The van der Waals surface area contributed by atoms with Crippen LogP contribution in [-0.2, 0) is 4.79 Å². The third-order valence-corrected chi connectivity index (χ3v) is 5.54. The van der Waals surface area contributed by atoms with Crippen LogP contribution >= 0.6 is 23.8 Å². The number of halogens is 2. The van der Waals surface area contributed by atoms with Crippen molar-refractivity contribution >= 4 is 40.5 Å². The Balaban J connectivity index is 1.99. The average Bonchev–Trinajstić information content (AvgIpc) is 3.23. The van der Waals surface area contributed by atoms with Gasteiger partial charge in [0.2, 0.25) is 5.91 Å². The van der Waals surface area contributed by atoms with Crippen molar-refractivity contribution in [3.63, 3.8) is 0 Å². The third-order valence-electron chi connectivity index (χ3n) is 5.09. The second kappa shape index (κ2) is 11.2. The summed E-state index contributed by atoms with van der Waals surface area (Å²) in [6.45, 7) is 1.71. The van der Waals surface area contributed by atoms with Gasteiger partial charge >= 0.3 is 0 Å². The molecule has 0 spiro atoms. The Labute approximate surface area is 201 Å². The zero-order chi connectivity index (χ0) is 24.0. The van der Waals surface area contributed by atoms with Gasteiger partial charge in [-0.2, -0.15) is 4.98 Å². The van der Waals surface area contributed by atoms with E-state index < -0.39 is 5.92 Å². The molecule has 174 valence electrons. The summed E-state index contributed by atoms with van der Waals surface area (Å²) in [5, 5.41) is 3.68. The van der Waals surface area contributed by atoms with Crippen molar-refractivity contribution in [3.05, 3.63) is 59.7 Å². The fourth-order valence-corrected chi connectivity index (χ4v) is 3.88. The Morgan fingerprint density at radius 2 is 2.00 bits per heavy atom. The Morgan fingerprint density at radius 1 is 1.27 bits per heavy atom. The van der Waals surface area contributed by atoms with Crippen molar-refractivity contribution < 1.29 is 18.4 Å². The highest BCUT2D eigenvalue weighted by molar-refractivity contribution is 7.80. The minimum atomic E-state index is -0.584. The molecule has 1 heterocycles. The highest BCUT2D eigenvalue weighted by atomic mass is 35.5. The molecule has 0 bridgehead atoms. The number of hydrogen-bond donors (Lipinski definition) is 1. The topological polar surface area (TPSA) is 94.5 Å². The number of carbonyl (C=O) groups excluding carboxylic acids is 1. The van der Waals surface area contributed by atoms with Crippen LogP contribution in [0.2, 0.25) is 0 Å². The van der Waals surface area contributed by atoms with Gasteiger partial charge in [0.25, 0.3) is 5.89 Å². The zero-order valence-corrected chi connectivity index (χ0v) is 19.8. The summed E-state index contributed by atoms with van der Waals surface area (Å²) in [5.41, 5.74) is 7.64. The molecule has 0 aliphatic rings. The van der Waals surface area contributed by atoms with E-state index in [0.717, 1.165) is 6.42 Å². The van der Waals surface area contributed by atoms with Crippen molar-refractivity contribution in [2.45, 2.75) is 32.1 Å². The Kier molecular flexibility index (Phi) is 8.35. The predicted octanol–water partition coefficient (Wildman–Crippen LogP) is 4.96. The van der Waals surface area contributed by atoms with Crippen LogP contribution in [0.25, 0.3) is 11.5 Å². The lowest BCUT2D eigenvalue weighted by Crippen LogP contribution is -2.43. The van der Waals surface area contributed by atoms with E-state index in [9.17, 15) is 9.18 Å². The van der Waals surface area contributed by atoms with Crippen LogP contribution in [-0.4, -0.2) is 34.2 Å². The number of anilines is 1. The predicted molar refractivity (Wildman–Crippen MR) is 129 cm³/mol. The second-order valence-corrected chi connectivity index (χ2v) is 8.13. The van der Waals surface area contributed by atoms with Crippen LogP contribution in [0.5, 0.6) is 5.75 Å². The van der Waals surface area contributed by atoms with Crippen molar-refractivity contribution in [2.24, 2.45) is 5.73 Å². The monoisotopic (exact) mass is 490 g/mol. The minimum absolute atomic E-state index is 0.118. The fraction of sp³-hybridized carbons (Fsp3) is 0.304. The van der Waals surface area contributed by atoms with Crippen LogP contribution < -0.4 is 15.4 Å². The molecule has 1 unspecified atom stereocenters. The number of methoxy groups -OCH3 is 1. The maximum Gasteiger partial charge on any atom is 0.261 e. The van der Waals surface area contributed by atoms with E-state index in [1.54, 1.807) is 37.3 Å². The maximum atomic E-state index is 13.7. The molecule has 0 saturated heterocycles. The Morgan fingerprint density at radius 3 is 2.58 bits per heavy atom. The number of amides is 1. The zero-order valence-electron chi connectivity index (χ0n) is 18.3. The molecule has 0 fully saturated rings. The van der Waals surface area contributed by atoms with Gasteiger partial charge in [0.1, 0.15) is 11.6 Å². The molecule has 0 aliphatic heterocycles. The fourth-order valence-electron chi connectivity index (χ4n) is 3.49. The molecule has 33 heavy (non-hydrogen) atoms. The lowest BCUT2D eigenvalue weighted by Gasteiger charge is -2.27. The van der Waals surface area contributed by atoms with Crippen molar-refractivity contribution in [1.82, 2.24) is 10.1 Å². The Hall–Kier alpha value is -3.04. The standard InChI is InChI=1S/C23H24ClFN4O3S/c1-14-27-21(32-28-14)19-11-10-17(13-20(19)31-2)29(23(26)33)22(30)18(5-3-4-12-24)15-6-8-16(25)9-7-15/h6-11,13,18H,3-5,12H2,1-2H3,(H2,26,33). The number of unbranched alkanes of at least 4 members (excludes halogenated alkanes) is 1. The molecular formula is C23H24ClFN4O3S. The van der Waals surface area contributed by atoms with Crippen LogP contribution in [0.4, 0.5) is 10.1 Å². The summed E-state index contributed by atoms with van der Waals surface area (Å²) in [4.78, 5) is 19.2. The number of nitrogens with zero attached hydrogens (tertiary/aromatic N) is 3. The molecule has 0 radical (unpaired) electrons. The lowest BCUT2D eigenvalue weighted by molar-refractivity contribution is -0.119. The van der Waals surface area contributed by atoms with Crippen LogP contribution in [0.1, 0.15) is 36.6 Å². The number of aromatic nitrogens is 2. The smallest absolute Gasteiger partial charge is 0.261 e. The molecule has 7 nitrogen and oxygen atoms in total. The van der Waals surface area contributed by atoms with Gasteiger partial charge in [-0.25, -0.2) is 4.39 Å². The lowest BCUT2D eigenvalue weighted by atomic mass is 9.92. The van der Waals surface area contributed by atoms with Crippen molar-refractivity contribution in [3.8, 4) is 17.2 Å². The molecule has 0 saturated carbocycles. The van der Waals surface area contributed by atoms with E-state index >= 15 is 0 Å². The third kappa shape index (κ3) is 5.85. The number of carbonyl (C=O) groups is 1. The molecule has 1 atom stereocenters. The largest absolute Gasteiger partial charge is 0.496 e. The summed E-state index contributed by atoms with van der Waals surface area (Å²) in [5.74, 6) is 0.368. The SMILES string of the molecule is COc1cc(N(C(=O)C(CCCCCl)c2ccc(F)cc2)C(N)=S)ccc1-c1nc(C)no1. The molecule has 3 rings (SSSR count). The van der Waals surface area contributed by atoms with E-state index in [1.165, 1.54) is 24.1 Å². The number of rotatable bonds is 9. The molecule has 10 heteroatoms. The number of aryl methyl sites for hydroxylation is 1. The Bertz CT molecular complexity index is 1120. The molecule has 2 aromatic carbocycles. The van der Waals surface area contributed by atoms with Crippen LogP contribution in [0.3, 0.4) is 0 Å². The summed E-state index contributed by atoms with van der Waals surface area (Å²) >= 11 is 11.1. The van der Waals surface area contributed by atoms with E-state index in [4.69, 9.17) is 38.8 Å². The molecule has 1 aromatic heterocycles. The number of hydrogen-bond acceptors (Lipinski definition) is 6. The summed E-state index contributed by atoms with van der Waals surface area (Å²) < 4.78 is 24.2.